The highest BCUT2D eigenvalue weighted by atomic mass is 79.9. The molecule has 2 N–H and O–H groups in total. The molecule has 0 aliphatic carbocycles. The van der Waals surface area contributed by atoms with E-state index in [1.54, 1.807) is 12.1 Å². The van der Waals surface area contributed by atoms with Crippen LogP contribution in [0.25, 0.3) is 0 Å². The molecule has 0 aliphatic heterocycles. The molecule has 0 radical (unpaired) electrons. The van der Waals surface area contributed by atoms with Crippen LogP contribution in [0.2, 0.25) is 0 Å². The minimum absolute atomic E-state index is 0.0228. The van der Waals surface area contributed by atoms with Crippen molar-refractivity contribution < 1.29 is 18.3 Å². The molecule has 0 unspecified atom stereocenters. The molecular weight excluding hydrogens is 346 g/mol. The molecule has 20 heavy (non-hydrogen) atoms. The van der Waals surface area contributed by atoms with Gasteiger partial charge in [-0.2, -0.15) is 0 Å². The lowest BCUT2D eigenvalue weighted by atomic mass is 9.90. The zero-order valence-electron chi connectivity index (χ0n) is 11.8. The van der Waals surface area contributed by atoms with Crippen molar-refractivity contribution in [3.63, 3.8) is 0 Å². The van der Waals surface area contributed by atoms with Gasteiger partial charge in [0, 0.05) is 17.6 Å². The molecule has 0 spiro atoms. The lowest BCUT2D eigenvalue weighted by molar-refractivity contribution is 0.213. The molecule has 1 aromatic carbocycles. The van der Waals surface area contributed by atoms with Crippen LogP contribution in [0.15, 0.2) is 27.6 Å². The summed E-state index contributed by atoms with van der Waals surface area (Å²) in [6.07, 6.45) is 0.519. The molecular formula is C13H20BrNO4S. The highest BCUT2D eigenvalue weighted by Gasteiger charge is 2.24. The molecule has 1 rings (SSSR count). The van der Waals surface area contributed by atoms with E-state index in [0.29, 0.717) is 16.6 Å². The van der Waals surface area contributed by atoms with E-state index in [0.717, 1.165) is 0 Å². The second-order valence-corrected chi connectivity index (χ2v) is 7.91. The fourth-order valence-electron chi connectivity index (χ4n) is 1.62. The summed E-state index contributed by atoms with van der Waals surface area (Å²) in [4.78, 5) is 0.0918. The molecule has 0 amide bonds. The number of methoxy groups -OCH3 is 1. The Bertz CT molecular complexity index is 557. The van der Waals surface area contributed by atoms with E-state index in [1.807, 2.05) is 13.8 Å². The van der Waals surface area contributed by atoms with Crippen LogP contribution in [0, 0.1) is 5.41 Å². The number of sulfonamides is 1. The van der Waals surface area contributed by atoms with E-state index in [9.17, 15) is 8.42 Å². The molecule has 0 aliphatic rings. The SMILES string of the molecule is COc1ccc(Br)cc1S(=O)(=O)NCC(C)(C)CCO. The Balaban J connectivity index is 2.97. The molecule has 0 saturated heterocycles. The van der Waals surface area contributed by atoms with E-state index < -0.39 is 10.0 Å². The smallest absolute Gasteiger partial charge is 0.244 e. The second-order valence-electron chi connectivity index (χ2n) is 5.26. The maximum atomic E-state index is 12.3. The van der Waals surface area contributed by atoms with Crippen LogP contribution in [0.1, 0.15) is 20.3 Å². The third kappa shape index (κ3) is 4.73. The van der Waals surface area contributed by atoms with Crippen molar-refractivity contribution in [2.45, 2.75) is 25.2 Å². The molecule has 0 aromatic heterocycles. The van der Waals surface area contributed by atoms with E-state index in [4.69, 9.17) is 9.84 Å². The van der Waals surface area contributed by atoms with Gasteiger partial charge in [-0.05, 0) is 30.0 Å². The molecule has 0 heterocycles. The molecule has 7 heteroatoms. The first kappa shape index (κ1) is 17.4. The van der Waals surface area contributed by atoms with E-state index in [2.05, 4.69) is 20.7 Å². The van der Waals surface area contributed by atoms with Gasteiger partial charge in [0.15, 0.2) is 0 Å². The van der Waals surface area contributed by atoms with Gasteiger partial charge in [0.25, 0.3) is 0 Å². The minimum Gasteiger partial charge on any atom is -0.495 e. The summed E-state index contributed by atoms with van der Waals surface area (Å²) in [5.41, 5.74) is -0.318. The number of benzene rings is 1. The number of nitrogens with one attached hydrogen (secondary N) is 1. The van der Waals surface area contributed by atoms with Gasteiger partial charge in [-0.3, -0.25) is 0 Å². The highest BCUT2D eigenvalue weighted by molar-refractivity contribution is 9.10. The van der Waals surface area contributed by atoms with Crippen LogP contribution in [0.4, 0.5) is 0 Å². The average Bonchev–Trinajstić information content (AvgIpc) is 2.37. The fraction of sp³-hybridized carbons (Fsp3) is 0.538. The maximum absolute atomic E-state index is 12.3. The second kappa shape index (κ2) is 6.89. The van der Waals surface area contributed by atoms with Crippen LogP contribution in [-0.2, 0) is 10.0 Å². The highest BCUT2D eigenvalue weighted by Crippen LogP contribution is 2.28. The molecule has 0 atom stereocenters. The van der Waals surface area contributed by atoms with Crippen molar-refractivity contribution in [1.82, 2.24) is 4.72 Å². The van der Waals surface area contributed by atoms with E-state index >= 15 is 0 Å². The Labute approximate surface area is 128 Å². The summed E-state index contributed by atoms with van der Waals surface area (Å²) in [7, 11) is -2.24. The van der Waals surface area contributed by atoms with Gasteiger partial charge in [-0.15, -0.1) is 0 Å². The zero-order valence-corrected chi connectivity index (χ0v) is 14.2. The van der Waals surface area contributed by atoms with Gasteiger partial charge in [0.2, 0.25) is 10.0 Å². The van der Waals surface area contributed by atoms with Crippen molar-refractivity contribution >= 4 is 26.0 Å². The first-order valence-corrected chi connectivity index (χ1v) is 8.43. The van der Waals surface area contributed by atoms with Crippen LogP contribution in [0.5, 0.6) is 5.75 Å². The summed E-state index contributed by atoms with van der Waals surface area (Å²) >= 11 is 3.25. The van der Waals surface area contributed by atoms with Crippen molar-refractivity contribution in [2.24, 2.45) is 5.41 Å². The molecule has 5 nitrogen and oxygen atoms in total. The quantitative estimate of drug-likeness (QED) is 0.775. The average molecular weight is 366 g/mol. The largest absolute Gasteiger partial charge is 0.495 e. The zero-order chi connectivity index (χ0) is 15.4. The summed E-state index contributed by atoms with van der Waals surface area (Å²) in [6.45, 7) is 4.05. The number of rotatable bonds is 7. The topological polar surface area (TPSA) is 75.6 Å². The van der Waals surface area contributed by atoms with Crippen molar-refractivity contribution in [1.29, 1.82) is 0 Å². The summed E-state index contributed by atoms with van der Waals surface area (Å²) in [5.74, 6) is 0.292. The number of hydrogen-bond donors (Lipinski definition) is 2. The third-order valence-electron chi connectivity index (χ3n) is 2.94. The predicted octanol–water partition coefficient (Wildman–Crippen LogP) is 2.14. The normalized spacial score (nSPS) is 12.4. The minimum atomic E-state index is -3.66. The summed E-state index contributed by atoms with van der Waals surface area (Å²) < 4.78 is 33.0. The van der Waals surface area contributed by atoms with Gasteiger partial charge < -0.3 is 9.84 Å². The van der Waals surface area contributed by atoms with Crippen LogP contribution in [0.3, 0.4) is 0 Å². The molecule has 0 bridgehead atoms. The number of hydrogen-bond acceptors (Lipinski definition) is 4. The first-order chi connectivity index (χ1) is 9.22. The summed E-state index contributed by atoms with van der Waals surface area (Å²) in [5, 5.41) is 8.96. The molecule has 1 aromatic rings. The Kier molecular flexibility index (Phi) is 6.00. The van der Waals surface area contributed by atoms with Crippen LogP contribution >= 0.6 is 15.9 Å². The third-order valence-corrected chi connectivity index (χ3v) is 4.86. The van der Waals surface area contributed by atoms with Gasteiger partial charge in [-0.25, -0.2) is 13.1 Å². The Morgan fingerprint density at radius 1 is 1.40 bits per heavy atom. The van der Waals surface area contributed by atoms with E-state index in [1.165, 1.54) is 13.2 Å². The Hall–Kier alpha value is -0.630. The van der Waals surface area contributed by atoms with Gasteiger partial charge >= 0.3 is 0 Å². The first-order valence-electron chi connectivity index (χ1n) is 6.16. The predicted molar refractivity (Wildman–Crippen MR) is 81.4 cm³/mol. The van der Waals surface area contributed by atoms with Crippen molar-refractivity contribution in [2.75, 3.05) is 20.3 Å². The number of aliphatic hydroxyl groups is 1. The molecule has 0 saturated carbocycles. The van der Waals surface area contributed by atoms with Crippen LogP contribution in [-0.4, -0.2) is 33.8 Å². The number of aliphatic hydroxyl groups excluding tert-OH is 1. The van der Waals surface area contributed by atoms with Gasteiger partial charge in [0.05, 0.1) is 7.11 Å². The molecule has 114 valence electrons. The Morgan fingerprint density at radius 3 is 2.60 bits per heavy atom. The lowest BCUT2D eigenvalue weighted by Crippen LogP contribution is -2.34. The van der Waals surface area contributed by atoms with E-state index in [-0.39, 0.29) is 23.5 Å². The van der Waals surface area contributed by atoms with Crippen molar-refractivity contribution in [3.8, 4) is 5.75 Å². The maximum Gasteiger partial charge on any atom is 0.244 e. The van der Waals surface area contributed by atoms with Gasteiger partial charge in [-0.1, -0.05) is 29.8 Å². The fourth-order valence-corrected chi connectivity index (χ4v) is 3.57. The Morgan fingerprint density at radius 2 is 2.05 bits per heavy atom. The van der Waals surface area contributed by atoms with Crippen LogP contribution < -0.4 is 9.46 Å². The van der Waals surface area contributed by atoms with Gasteiger partial charge in [0.1, 0.15) is 10.6 Å². The number of halogens is 1. The summed E-state index contributed by atoms with van der Waals surface area (Å²) in [6, 6.07) is 4.81. The van der Waals surface area contributed by atoms with Crippen molar-refractivity contribution in [3.05, 3.63) is 22.7 Å². The lowest BCUT2D eigenvalue weighted by Gasteiger charge is -2.24. The molecule has 0 fully saturated rings. The standard InChI is InChI=1S/C13H20BrNO4S/c1-13(2,6-7-16)9-15-20(17,18)12-8-10(14)4-5-11(12)19-3/h4-5,8,15-16H,6-7,9H2,1-3H3. The number of ether oxygens (including phenoxy) is 1. The monoisotopic (exact) mass is 365 g/mol.